The number of hydrogen-bond acceptors (Lipinski definition) is 15. The standard InChI is InChI=1S/2C39H23N5O.C39H23N5S/c1-3-12-24(13-4-1)37-40-38(25-14-5-2-6-15-25)42-39(41-37)44-31-19-9-8-18-30(31)43-33-22-29-26-16-7-10-21-34(26)45-35(29)23-28(33)27-17-11-20-32(44)36(27)43;2*1-3-12-24(13-4-1)37-40-38(25-14-5-2-6-15-25)42-39(41-37)44-30-19-9-8-18-29(30)43-31-23-22-27-26-16-7-10-21-33(26)45-36(27)34(31)28-17-11-20-32(44)35(28)43/h3*1-23H. The maximum atomic E-state index is 6.56. The van der Waals surface area contributed by atoms with E-state index in [1.165, 1.54) is 36.5 Å². The lowest BCUT2D eigenvalue weighted by molar-refractivity contribution is 0.669. The number of aromatic nitrogens is 12. The number of thiophene rings is 1. The smallest absolute Gasteiger partial charge is 0.238 e. The summed E-state index contributed by atoms with van der Waals surface area (Å²) in [5, 5.41) is 14.1. The van der Waals surface area contributed by atoms with Gasteiger partial charge in [0.25, 0.3) is 0 Å². The van der Waals surface area contributed by atoms with Gasteiger partial charge in [-0.2, -0.15) is 29.9 Å². The van der Waals surface area contributed by atoms with E-state index in [0.29, 0.717) is 52.8 Å². The Morgan fingerprint density at radius 1 is 0.193 bits per heavy atom. The average Bonchev–Trinajstić information content (AvgIpc) is 1.51. The molecule has 18 aromatic carbocycles. The Bertz CT molecular complexity index is 9010. The van der Waals surface area contributed by atoms with Crippen molar-refractivity contribution in [1.29, 1.82) is 0 Å². The highest BCUT2D eigenvalue weighted by atomic mass is 32.1. The number of nitrogens with zero attached hydrogens (tertiary/aromatic N) is 15. The second-order valence-corrected chi connectivity index (χ2v) is 34.9. The molecule has 0 N–H and O–H groups in total. The maximum Gasteiger partial charge on any atom is 0.238 e. The van der Waals surface area contributed by atoms with Gasteiger partial charge >= 0.3 is 0 Å². The van der Waals surface area contributed by atoms with Crippen molar-refractivity contribution in [2.45, 2.75) is 0 Å². The van der Waals surface area contributed by atoms with Crippen LogP contribution in [0.3, 0.4) is 0 Å². The second-order valence-electron chi connectivity index (χ2n) is 33.9. The Morgan fingerprint density at radius 3 is 0.948 bits per heavy atom. The summed E-state index contributed by atoms with van der Waals surface area (Å²) in [5.41, 5.74) is 25.2. The summed E-state index contributed by atoms with van der Waals surface area (Å²) in [7, 11) is 0. The first kappa shape index (κ1) is 75.6. The van der Waals surface area contributed by atoms with Crippen LogP contribution in [0.15, 0.2) is 427 Å². The van der Waals surface area contributed by atoms with Crippen molar-refractivity contribution < 1.29 is 8.83 Å². The average molecular weight is 1750 g/mol. The molecule has 0 aliphatic carbocycles. The van der Waals surface area contributed by atoms with Crippen molar-refractivity contribution in [3.05, 3.63) is 419 Å². The highest BCUT2D eigenvalue weighted by Gasteiger charge is 2.37. The van der Waals surface area contributed by atoms with E-state index in [9.17, 15) is 0 Å². The summed E-state index contributed by atoms with van der Waals surface area (Å²) in [4.78, 5) is 52.1. The molecule has 0 amide bonds. The van der Waals surface area contributed by atoms with Crippen molar-refractivity contribution in [3.63, 3.8) is 0 Å². The Hall–Kier alpha value is -18.4. The van der Waals surface area contributed by atoms with Gasteiger partial charge in [0.2, 0.25) is 17.8 Å². The van der Waals surface area contributed by atoms with Crippen molar-refractivity contribution >= 4 is 193 Å². The number of hydrogen-bond donors (Lipinski definition) is 0. The number of rotatable bonds is 9. The van der Waals surface area contributed by atoms with Crippen LogP contribution in [-0.2, 0) is 0 Å². The first-order valence-corrected chi connectivity index (χ1v) is 45.7. The van der Waals surface area contributed by atoms with Crippen molar-refractivity contribution in [2.24, 2.45) is 0 Å². The number of para-hydroxylation sites is 11. The molecule has 0 spiro atoms. The molecule has 0 atom stereocenters. The third-order valence-corrected chi connectivity index (χ3v) is 27.5. The highest BCUT2D eigenvalue weighted by Crippen LogP contribution is 2.56. The fraction of sp³-hybridized carbons (Fsp3) is 0. The largest absolute Gasteiger partial charge is 0.456 e. The molecular formula is C117H69N15O2S. The molecule has 0 unspecified atom stereocenters. The molecule has 3 aliphatic heterocycles. The van der Waals surface area contributed by atoms with Crippen LogP contribution in [0.4, 0.5) is 52.0 Å². The Balaban J connectivity index is 0.000000101. The zero-order valence-electron chi connectivity index (χ0n) is 71.8. The normalized spacial score (nSPS) is 12.4. The molecule has 0 bridgehead atoms. The maximum absolute atomic E-state index is 6.56. The number of furan rings is 2. The van der Waals surface area contributed by atoms with Crippen LogP contribution < -0.4 is 14.7 Å². The summed E-state index contributed by atoms with van der Waals surface area (Å²) in [5.74, 6) is 5.51. The van der Waals surface area contributed by atoms with Crippen LogP contribution in [0.2, 0.25) is 0 Å². The van der Waals surface area contributed by atoms with Gasteiger partial charge in [0, 0.05) is 102 Å². The Kier molecular flexibility index (Phi) is 16.9. The van der Waals surface area contributed by atoms with Crippen LogP contribution in [-0.4, -0.2) is 58.6 Å². The van der Waals surface area contributed by atoms with E-state index in [2.05, 4.69) is 241 Å². The molecule has 9 aromatic heterocycles. The first-order chi connectivity index (χ1) is 67.0. The Labute approximate surface area is 773 Å². The van der Waals surface area contributed by atoms with Crippen LogP contribution >= 0.6 is 11.3 Å². The third kappa shape index (κ3) is 11.8. The summed E-state index contributed by atoms with van der Waals surface area (Å²) >= 11 is 1.87. The van der Waals surface area contributed by atoms with Crippen molar-refractivity contribution in [2.75, 3.05) is 14.7 Å². The topological polar surface area (TPSA) is 167 Å². The van der Waals surface area contributed by atoms with E-state index in [4.69, 9.17) is 53.7 Å². The van der Waals surface area contributed by atoms with Crippen molar-refractivity contribution in [3.8, 4) is 85.4 Å². The molecule has 18 heteroatoms. The zero-order valence-corrected chi connectivity index (χ0v) is 72.6. The summed E-state index contributed by atoms with van der Waals surface area (Å²) in [6.45, 7) is 0. The van der Waals surface area contributed by atoms with Gasteiger partial charge in [-0.05, 0) is 103 Å². The lowest BCUT2D eigenvalue weighted by Crippen LogP contribution is -2.21. The van der Waals surface area contributed by atoms with E-state index in [0.717, 1.165) is 178 Å². The molecular weight excluding hydrogens is 1680 g/mol. The van der Waals surface area contributed by atoms with E-state index in [1.54, 1.807) is 0 Å². The summed E-state index contributed by atoms with van der Waals surface area (Å²) in [6, 6.07) is 144. The molecule has 0 saturated heterocycles. The van der Waals surface area contributed by atoms with E-state index in [1.807, 2.05) is 218 Å². The van der Waals surface area contributed by atoms with Crippen molar-refractivity contribution in [1.82, 2.24) is 58.6 Å². The molecule has 0 saturated carbocycles. The van der Waals surface area contributed by atoms with Gasteiger partial charge in [0.15, 0.2) is 34.9 Å². The highest BCUT2D eigenvalue weighted by molar-refractivity contribution is 7.26. The minimum atomic E-state index is 0.563. The SMILES string of the molecule is c1ccc(-c2nc(-c3ccccc3)nc(N3c4ccccc4-n4c5cc6c(cc5c5cccc3c54)oc3ccccc36)n2)cc1.c1ccc(-c2nc(-c3ccccc3)nc(N3c4ccccc4-n4c5ccc6c7ccccc7oc6c5c5cccc3c54)n2)cc1.c1ccc(-c2nc(-c3ccccc3)nc(N3c4ccccc4-n4c5ccc6c7ccccc7sc6c5c5cccc3c54)n2)cc1. The zero-order chi connectivity index (χ0) is 88.5. The van der Waals surface area contributed by atoms with Gasteiger partial charge in [-0.15, -0.1) is 11.3 Å². The van der Waals surface area contributed by atoms with Crippen LogP contribution in [0.1, 0.15) is 0 Å². The molecule has 0 radical (unpaired) electrons. The molecule has 0 fully saturated rings. The van der Waals surface area contributed by atoms with Gasteiger partial charge in [0.1, 0.15) is 22.3 Å². The molecule has 3 aliphatic rings. The van der Waals surface area contributed by atoms with E-state index >= 15 is 0 Å². The predicted molar refractivity (Wildman–Crippen MR) is 547 cm³/mol. The number of fused-ring (bicyclic) bond motifs is 26. The second kappa shape index (κ2) is 30.1. The molecule has 135 heavy (non-hydrogen) atoms. The van der Waals surface area contributed by atoms with Gasteiger partial charge in [-0.25, -0.2) is 15.0 Å². The van der Waals surface area contributed by atoms with Gasteiger partial charge < -0.3 is 22.5 Å². The Morgan fingerprint density at radius 2 is 0.511 bits per heavy atom. The lowest BCUT2D eigenvalue weighted by Gasteiger charge is -2.31. The minimum Gasteiger partial charge on any atom is -0.456 e. The molecule has 17 nitrogen and oxygen atoms in total. The van der Waals surface area contributed by atoms with E-state index in [-0.39, 0.29) is 0 Å². The third-order valence-electron chi connectivity index (χ3n) is 26.3. The van der Waals surface area contributed by atoms with Gasteiger partial charge in [-0.1, -0.05) is 315 Å². The molecule has 30 rings (SSSR count). The van der Waals surface area contributed by atoms with Gasteiger partial charge in [0.05, 0.1) is 89.7 Å². The fourth-order valence-electron chi connectivity index (χ4n) is 20.4. The minimum absolute atomic E-state index is 0.563. The first-order valence-electron chi connectivity index (χ1n) is 44.9. The lowest BCUT2D eigenvalue weighted by atomic mass is 10.1. The molecule has 630 valence electrons. The van der Waals surface area contributed by atoms with Gasteiger partial charge in [-0.3, -0.25) is 14.7 Å². The molecule has 12 heterocycles. The van der Waals surface area contributed by atoms with Crippen LogP contribution in [0.5, 0.6) is 0 Å². The summed E-state index contributed by atoms with van der Waals surface area (Å²) in [6.07, 6.45) is 0. The number of anilines is 9. The fourth-order valence-corrected chi connectivity index (χ4v) is 21.7. The van der Waals surface area contributed by atoms with Crippen LogP contribution in [0, 0.1) is 0 Å². The van der Waals surface area contributed by atoms with E-state index < -0.39 is 0 Å². The monoisotopic (exact) mass is 1750 g/mol. The quantitative estimate of drug-likeness (QED) is 0.134. The summed E-state index contributed by atoms with van der Waals surface area (Å²) < 4.78 is 22.7. The van der Waals surface area contributed by atoms with Crippen LogP contribution in [0.25, 0.3) is 215 Å². The predicted octanol–water partition coefficient (Wildman–Crippen LogP) is 30.4. The molecule has 27 aromatic rings. The number of benzene rings is 18.